The lowest BCUT2D eigenvalue weighted by molar-refractivity contribution is -0.121. The minimum absolute atomic E-state index is 0. The van der Waals surface area contributed by atoms with Crippen LogP contribution in [-0.4, -0.2) is 25.5 Å². The van der Waals surface area contributed by atoms with Gasteiger partial charge in [-0.1, -0.05) is 25.1 Å². The zero-order chi connectivity index (χ0) is 14.4. The fourth-order valence-electron chi connectivity index (χ4n) is 4.37. The van der Waals surface area contributed by atoms with Crippen LogP contribution in [0.1, 0.15) is 31.7 Å². The second-order valence-electron chi connectivity index (χ2n) is 7.26. The second kappa shape index (κ2) is 5.86. The molecule has 0 radical (unpaired) electrons. The molecule has 2 heterocycles. The van der Waals surface area contributed by atoms with Crippen LogP contribution in [0.3, 0.4) is 0 Å². The van der Waals surface area contributed by atoms with Crippen molar-refractivity contribution in [1.29, 1.82) is 0 Å². The van der Waals surface area contributed by atoms with Crippen LogP contribution in [0.4, 0.5) is 5.69 Å². The number of carbonyl (C=O) groups excluding carboxylic acids is 1. The maximum absolute atomic E-state index is 13.0. The Hall–Kier alpha value is -1.06. The number of carbonyl (C=O) groups is 1. The van der Waals surface area contributed by atoms with Crippen LogP contribution in [0.5, 0.6) is 0 Å². The van der Waals surface area contributed by atoms with Gasteiger partial charge in [0, 0.05) is 18.2 Å². The van der Waals surface area contributed by atoms with Gasteiger partial charge in [0.2, 0.25) is 5.91 Å². The van der Waals surface area contributed by atoms with Crippen LogP contribution >= 0.6 is 12.4 Å². The summed E-state index contributed by atoms with van der Waals surface area (Å²) in [7, 11) is 0. The zero-order valence-electron chi connectivity index (χ0n) is 13.2. The molecule has 1 aromatic rings. The van der Waals surface area contributed by atoms with E-state index >= 15 is 0 Å². The van der Waals surface area contributed by atoms with Gasteiger partial charge in [0.15, 0.2) is 0 Å². The average Bonchev–Trinajstić information content (AvgIpc) is 3.19. The van der Waals surface area contributed by atoms with Gasteiger partial charge >= 0.3 is 0 Å². The first-order chi connectivity index (χ1) is 10.2. The van der Waals surface area contributed by atoms with E-state index in [1.165, 1.54) is 18.4 Å². The van der Waals surface area contributed by atoms with Crippen molar-refractivity contribution in [3.05, 3.63) is 29.8 Å². The summed E-state index contributed by atoms with van der Waals surface area (Å²) in [6.07, 6.45) is 4.56. The summed E-state index contributed by atoms with van der Waals surface area (Å²) in [5.74, 6) is 1.22. The number of benzene rings is 1. The number of rotatable bonds is 1. The molecule has 3 nitrogen and oxygen atoms in total. The summed E-state index contributed by atoms with van der Waals surface area (Å²) in [4.78, 5) is 15.1. The van der Waals surface area contributed by atoms with Crippen molar-refractivity contribution in [2.24, 2.45) is 17.3 Å². The van der Waals surface area contributed by atoms with E-state index in [4.69, 9.17) is 0 Å². The highest BCUT2D eigenvalue weighted by Crippen LogP contribution is 2.59. The first-order valence-electron chi connectivity index (χ1n) is 8.30. The Kier molecular flexibility index (Phi) is 4.21. The molecule has 1 N–H and O–H groups in total. The molecule has 3 aliphatic rings. The number of piperidine rings is 1. The molecule has 2 fully saturated rings. The molecular formula is C18H25ClN2O. The third kappa shape index (κ3) is 2.55. The lowest BCUT2D eigenvalue weighted by Crippen LogP contribution is -2.41. The molecule has 0 aromatic heterocycles. The van der Waals surface area contributed by atoms with Crippen LogP contribution in [-0.2, 0) is 11.2 Å². The van der Waals surface area contributed by atoms with Crippen molar-refractivity contribution in [1.82, 2.24) is 5.32 Å². The Morgan fingerprint density at radius 1 is 1.27 bits per heavy atom. The summed E-state index contributed by atoms with van der Waals surface area (Å²) in [6.45, 7) is 5.30. The maximum Gasteiger partial charge on any atom is 0.230 e. The molecule has 4 rings (SSSR count). The minimum Gasteiger partial charge on any atom is -0.317 e. The smallest absolute Gasteiger partial charge is 0.230 e. The normalized spacial score (nSPS) is 28.7. The van der Waals surface area contributed by atoms with Crippen molar-refractivity contribution in [2.75, 3.05) is 24.5 Å². The Morgan fingerprint density at radius 2 is 2.00 bits per heavy atom. The van der Waals surface area contributed by atoms with E-state index in [0.29, 0.717) is 17.2 Å². The molecule has 1 spiro atoms. The third-order valence-electron chi connectivity index (χ3n) is 5.70. The van der Waals surface area contributed by atoms with Crippen LogP contribution in [0.15, 0.2) is 24.3 Å². The standard InChI is InChI=1S/C18H24N2O.ClH/c1-13-10-14-4-2-3-5-16(14)20(12-13)17(21)15-11-18(15)6-8-19-9-7-18;/h2-5,13,15,19H,6-12H2,1H3;1H. The van der Waals surface area contributed by atoms with E-state index in [1.54, 1.807) is 0 Å². The van der Waals surface area contributed by atoms with Crippen molar-refractivity contribution in [3.63, 3.8) is 0 Å². The van der Waals surface area contributed by atoms with Gasteiger partial charge in [0.25, 0.3) is 0 Å². The van der Waals surface area contributed by atoms with Gasteiger partial charge < -0.3 is 10.2 Å². The van der Waals surface area contributed by atoms with Crippen molar-refractivity contribution in [3.8, 4) is 0 Å². The molecule has 1 saturated carbocycles. The van der Waals surface area contributed by atoms with E-state index in [2.05, 4.69) is 41.4 Å². The fraction of sp³-hybridized carbons (Fsp3) is 0.611. The number of para-hydroxylation sites is 1. The summed E-state index contributed by atoms with van der Waals surface area (Å²) >= 11 is 0. The number of hydrogen-bond acceptors (Lipinski definition) is 2. The van der Waals surface area contributed by atoms with Gasteiger partial charge in [-0.3, -0.25) is 4.79 Å². The van der Waals surface area contributed by atoms with E-state index in [-0.39, 0.29) is 18.3 Å². The Bertz CT molecular complexity index is 568. The van der Waals surface area contributed by atoms with Gasteiger partial charge in [-0.05, 0) is 61.7 Å². The van der Waals surface area contributed by atoms with Crippen LogP contribution in [0, 0.1) is 17.3 Å². The zero-order valence-corrected chi connectivity index (χ0v) is 14.0. The number of amides is 1. The lowest BCUT2D eigenvalue weighted by atomic mass is 9.90. The summed E-state index contributed by atoms with van der Waals surface area (Å²) in [5.41, 5.74) is 2.83. The molecule has 1 saturated heterocycles. The number of halogens is 1. The monoisotopic (exact) mass is 320 g/mol. The molecule has 1 aliphatic carbocycles. The van der Waals surface area contributed by atoms with Crippen molar-refractivity contribution < 1.29 is 4.79 Å². The number of nitrogens with zero attached hydrogens (tertiary/aromatic N) is 1. The van der Waals surface area contributed by atoms with Crippen molar-refractivity contribution in [2.45, 2.75) is 32.6 Å². The maximum atomic E-state index is 13.0. The highest BCUT2D eigenvalue weighted by molar-refractivity contribution is 5.98. The Balaban J connectivity index is 0.00000144. The predicted molar refractivity (Wildman–Crippen MR) is 91.6 cm³/mol. The predicted octanol–water partition coefficient (Wildman–Crippen LogP) is 3.02. The van der Waals surface area contributed by atoms with Crippen molar-refractivity contribution >= 4 is 24.0 Å². The highest BCUT2D eigenvalue weighted by Gasteiger charge is 2.58. The SMILES string of the molecule is CC1Cc2ccccc2N(C(=O)C2CC23CCNCC3)C1.Cl. The van der Waals surface area contributed by atoms with Crippen LogP contribution < -0.4 is 10.2 Å². The van der Waals surface area contributed by atoms with Gasteiger partial charge in [0.05, 0.1) is 0 Å². The molecule has 1 amide bonds. The average molecular weight is 321 g/mol. The van der Waals surface area contributed by atoms with Crippen LogP contribution in [0.2, 0.25) is 0 Å². The first kappa shape index (κ1) is 15.8. The number of nitrogens with one attached hydrogen (secondary N) is 1. The molecule has 120 valence electrons. The van der Waals surface area contributed by atoms with Gasteiger partial charge in [0.1, 0.15) is 0 Å². The number of fused-ring (bicyclic) bond motifs is 1. The minimum atomic E-state index is 0. The van der Waals surface area contributed by atoms with E-state index in [1.807, 2.05) is 0 Å². The Labute approximate surface area is 138 Å². The summed E-state index contributed by atoms with van der Waals surface area (Å²) < 4.78 is 0. The molecule has 22 heavy (non-hydrogen) atoms. The fourth-order valence-corrected chi connectivity index (χ4v) is 4.37. The second-order valence-corrected chi connectivity index (χ2v) is 7.26. The molecular weight excluding hydrogens is 296 g/mol. The Morgan fingerprint density at radius 3 is 2.77 bits per heavy atom. The van der Waals surface area contributed by atoms with Gasteiger partial charge in [-0.15, -0.1) is 12.4 Å². The van der Waals surface area contributed by atoms with E-state index in [9.17, 15) is 4.79 Å². The first-order valence-corrected chi connectivity index (χ1v) is 8.30. The molecule has 1 aromatic carbocycles. The van der Waals surface area contributed by atoms with Gasteiger partial charge in [-0.25, -0.2) is 0 Å². The number of anilines is 1. The quantitative estimate of drug-likeness (QED) is 0.862. The summed E-state index contributed by atoms with van der Waals surface area (Å²) in [5, 5.41) is 3.42. The molecule has 2 unspecified atom stereocenters. The molecule has 2 atom stereocenters. The van der Waals surface area contributed by atoms with Gasteiger partial charge in [-0.2, -0.15) is 0 Å². The number of hydrogen-bond donors (Lipinski definition) is 1. The molecule has 2 aliphatic heterocycles. The molecule has 4 heteroatoms. The largest absolute Gasteiger partial charge is 0.317 e. The van der Waals surface area contributed by atoms with E-state index < -0.39 is 0 Å². The molecule has 0 bridgehead atoms. The summed E-state index contributed by atoms with van der Waals surface area (Å²) in [6, 6.07) is 8.45. The lowest BCUT2D eigenvalue weighted by Gasteiger charge is -2.34. The third-order valence-corrected chi connectivity index (χ3v) is 5.70. The van der Waals surface area contributed by atoms with Crippen LogP contribution in [0.25, 0.3) is 0 Å². The van der Waals surface area contributed by atoms with E-state index in [0.717, 1.165) is 38.2 Å². The topological polar surface area (TPSA) is 32.3 Å². The highest BCUT2D eigenvalue weighted by atomic mass is 35.5.